The predicted molar refractivity (Wildman–Crippen MR) is 110 cm³/mol. The molecule has 0 aliphatic heterocycles. The van der Waals surface area contributed by atoms with Gasteiger partial charge >= 0.3 is 0 Å². The van der Waals surface area contributed by atoms with Crippen molar-refractivity contribution in [3.8, 4) is 5.75 Å². The quantitative estimate of drug-likeness (QED) is 0.414. The van der Waals surface area contributed by atoms with Gasteiger partial charge in [-0.2, -0.15) is 0 Å². The van der Waals surface area contributed by atoms with Gasteiger partial charge in [0.2, 0.25) is 0 Å². The van der Waals surface area contributed by atoms with Crippen LogP contribution in [0.4, 0.5) is 0 Å². The Morgan fingerprint density at radius 1 is 1.14 bits per heavy atom. The van der Waals surface area contributed by atoms with E-state index in [2.05, 4.69) is 26.9 Å². The van der Waals surface area contributed by atoms with Gasteiger partial charge in [-0.05, 0) is 49.6 Å². The van der Waals surface area contributed by atoms with Crippen molar-refractivity contribution in [3.05, 3.63) is 71.5 Å². The molecule has 5 nitrogen and oxygen atoms in total. The lowest BCUT2D eigenvalue weighted by Gasteiger charge is -2.13. The normalized spacial score (nSPS) is 14.6. The standard InChI is InChI=1S/C22H23N3O2S/c1-15(20(26)17-10-12-19(27-2)13-11-17)28-22-24-23-21(18-8-9-18)25(22)14-16-6-4-3-5-7-16/h3-7,10-13,15,18H,8-9,14H2,1-2H3/t15-/m0/s1. The largest absolute Gasteiger partial charge is 0.497 e. The van der Waals surface area contributed by atoms with E-state index in [-0.39, 0.29) is 11.0 Å². The number of ketones is 1. The molecule has 3 aromatic rings. The first-order chi connectivity index (χ1) is 13.7. The molecule has 1 saturated carbocycles. The fourth-order valence-corrected chi connectivity index (χ4v) is 4.08. The molecule has 144 valence electrons. The maximum atomic E-state index is 12.9. The maximum absolute atomic E-state index is 12.9. The molecule has 28 heavy (non-hydrogen) atoms. The molecule has 0 N–H and O–H groups in total. The molecule has 1 atom stereocenters. The average Bonchev–Trinajstić information content (AvgIpc) is 3.51. The van der Waals surface area contributed by atoms with Gasteiger partial charge < -0.3 is 9.30 Å². The zero-order valence-corrected chi connectivity index (χ0v) is 16.9. The first-order valence-electron chi connectivity index (χ1n) is 9.47. The summed E-state index contributed by atoms with van der Waals surface area (Å²) in [6.45, 7) is 2.65. The van der Waals surface area contributed by atoms with Crippen molar-refractivity contribution in [1.29, 1.82) is 0 Å². The van der Waals surface area contributed by atoms with Crippen molar-refractivity contribution in [3.63, 3.8) is 0 Å². The van der Waals surface area contributed by atoms with Crippen molar-refractivity contribution in [2.75, 3.05) is 7.11 Å². The third kappa shape index (κ3) is 4.12. The maximum Gasteiger partial charge on any atom is 0.192 e. The van der Waals surface area contributed by atoms with E-state index in [1.807, 2.05) is 49.4 Å². The minimum atomic E-state index is -0.251. The molecule has 4 rings (SSSR count). The third-order valence-electron chi connectivity index (χ3n) is 4.90. The van der Waals surface area contributed by atoms with Crippen LogP contribution in [0.1, 0.15) is 47.4 Å². The van der Waals surface area contributed by atoms with E-state index >= 15 is 0 Å². The number of benzene rings is 2. The van der Waals surface area contributed by atoms with E-state index in [4.69, 9.17) is 4.74 Å². The summed E-state index contributed by atoms with van der Waals surface area (Å²) < 4.78 is 7.35. The number of methoxy groups -OCH3 is 1. The van der Waals surface area contributed by atoms with Crippen molar-refractivity contribution < 1.29 is 9.53 Å². The van der Waals surface area contributed by atoms with Gasteiger partial charge in [0.15, 0.2) is 10.9 Å². The van der Waals surface area contributed by atoms with Crippen LogP contribution in [0.2, 0.25) is 0 Å². The second kappa shape index (κ2) is 8.19. The zero-order valence-electron chi connectivity index (χ0n) is 16.0. The Morgan fingerprint density at radius 2 is 1.86 bits per heavy atom. The Morgan fingerprint density at radius 3 is 2.50 bits per heavy atom. The number of ether oxygens (including phenoxy) is 1. The Labute approximate surface area is 169 Å². The Hall–Kier alpha value is -2.60. The van der Waals surface area contributed by atoms with Gasteiger partial charge in [-0.25, -0.2) is 0 Å². The van der Waals surface area contributed by atoms with E-state index in [1.54, 1.807) is 7.11 Å². The molecular weight excluding hydrogens is 370 g/mol. The highest BCUT2D eigenvalue weighted by molar-refractivity contribution is 8.00. The monoisotopic (exact) mass is 393 g/mol. The lowest BCUT2D eigenvalue weighted by atomic mass is 10.1. The average molecular weight is 394 g/mol. The van der Waals surface area contributed by atoms with Crippen molar-refractivity contribution >= 4 is 17.5 Å². The first-order valence-corrected chi connectivity index (χ1v) is 10.4. The number of thioether (sulfide) groups is 1. The van der Waals surface area contributed by atoms with Gasteiger partial charge in [-0.15, -0.1) is 10.2 Å². The first kappa shape index (κ1) is 18.7. The zero-order chi connectivity index (χ0) is 19.5. The molecule has 0 saturated heterocycles. The van der Waals surface area contributed by atoms with Gasteiger partial charge in [0, 0.05) is 11.5 Å². The van der Waals surface area contributed by atoms with Gasteiger partial charge in [0.1, 0.15) is 11.6 Å². The van der Waals surface area contributed by atoms with Crippen LogP contribution in [-0.2, 0) is 6.54 Å². The summed E-state index contributed by atoms with van der Waals surface area (Å²) in [5.41, 5.74) is 1.89. The van der Waals surface area contributed by atoms with Crippen LogP contribution in [0, 0.1) is 0 Å². The summed E-state index contributed by atoms with van der Waals surface area (Å²) >= 11 is 1.48. The number of nitrogens with zero attached hydrogens (tertiary/aromatic N) is 3. The van der Waals surface area contributed by atoms with Crippen LogP contribution in [-0.4, -0.2) is 32.9 Å². The minimum absolute atomic E-state index is 0.0786. The van der Waals surface area contributed by atoms with Crippen LogP contribution < -0.4 is 4.74 Å². The predicted octanol–water partition coefficient (Wildman–Crippen LogP) is 4.58. The van der Waals surface area contributed by atoms with E-state index in [1.165, 1.54) is 17.3 Å². The molecule has 0 bridgehead atoms. The molecule has 1 aromatic heterocycles. The topological polar surface area (TPSA) is 57.0 Å². The number of Topliss-reactive ketones (excluding diaryl/α,β-unsaturated/α-hetero) is 1. The van der Waals surface area contributed by atoms with E-state index in [0.29, 0.717) is 11.5 Å². The number of hydrogen-bond donors (Lipinski definition) is 0. The van der Waals surface area contributed by atoms with Gasteiger partial charge in [0.05, 0.1) is 18.9 Å². The highest BCUT2D eigenvalue weighted by atomic mass is 32.2. The van der Waals surface area contributed by atoms with E-state index in [0.717, 1.165) is 36.1 Å². The molecule has 1 aliphatic carbocycles. The summed E-state index contributed by atoms with van der Waals surface area (Å²) in [6, 6.07) is 17.6. The lowest BCUT2D eigenvalue weighted by molar-refractivity contribution is 0.0994. The summed E-state index contributed by atoms with van der Waals surface area (Å²) in [7, 11) is 1.62. The Balaban J connectivity index is 1.54. The second-order valence-electron chi connectivity index (χ2n) is 7.04. The number of aromatic nitrogens is 3. The van der Waals surface area contributed by atoms with Crippen molar-refractivity contribution in [1.82, 2.24) is 14.8 Å². The summed E-state index contributed by atoms with van der Waals surface area (Å²) in [5.74, 6) is 2.36. The Bertz CT molecular complexity index is 950. The number of hydrogen-bond acceptors (Lipinski definition) is 5. The molecule has 1 fully saturated rings. The summed E-state index contributed by atoms with van der Waals surface area (Å²) in [5, 5.41) is 9.42. The van der Waals surface area contributed by atoms with Crippen LogP contribution >= 0.6 is 11.8 Å². The van der Waals surface area contributed by atoms with Gasteiger partial charge in [0.25, 0.3) is 0 Å². The number of carbonyl (C=O) groups excluding carboxylic acids is 1. The molecule has 1 aliphatic rings. The smallest absolute Gasteiger partial charge is 0.192 e. The lowest BCUT2D eigenvalue weighted by Crippen LogP contribution is -2.15. The molecule has 0 spiro atoms. The summed E-state index contributed by atoms with van der Waals surface area (Å²) in [4.78, 5) is 12.9. The third-order valence-corrected chi connectivity index (χ3v) is 5.98. The van der Waals surface area contributed by atoms with Crippen LogP contribution in [0.15, 0.2) is 59.8 Å². The van der Waals surface area contributed by atoms with Gasteiger partial charge in [-0.1, -0.05) is 42.1 Å². The number of rotatable bonds is 8. The van der Waals surface area contributed by atoms with Crippen LogP contribution in [0.3, 0.4) is 0 Å². The molecular formula is C22H23N3O2S. The van der Waals surface area contributed by atoms with Crippen molar-refractivity contribution in [2.24, 2.45) is 0 Å². The molecule has 0 amide bonds. The molecule has 1 heterocycles. The SMILES string of the molecule is COc1ccc(C(=O)[C@H](C)Sc2nnc(C3CC3)n2Cc2ccccc2)cc1. The molecule has 6 heteroatoms. The fraction of sp³-hybridized carbons (Fsp3) is 0.318. The van der Waals surface area contributed by atoms with E-state index < -0.39 is 0 Å². The van der Waals surface area contributed by atoms with E-state index in [9.17, 15) is 4.79 Å². The molecule has 0 radical (unpaired) electrons. The Kier molecular flexibility index (Phi) is 5.48. The highest BCUT2D eigenvalue weighted by Gasteiger charge is 2.31. The van der Waals surface area contributed by atoms with Crippen LogP contribution in [0.25, 0.3) is 0 Å². The van der Waals surface area contributed by atoms with Crippen molar-refractivity contribution in [2.45, 2.75) is 42.6 Å². The molecule has 2 aromatic carbocycles. The van der Waals surface area contributed by atoms with Gasteiger partial charge in [-0.3, -0.25) is 4.79 Å². The second-order valence-corrected chi connectivity index (χ2v) is 8.35. The van der Waals surface area contributed by atoms with Crippen LogP contribution in [0.5, 0.6) is 5.75 Å². The molecule has 0 unspecified atom stereocenters. The summed E-state index contributed by atoms with van der Waals surface area (Å²) in [6.07, 6.45) is 2.33. The highest BCUT2D eigenvalue weighted by Crippen LogP contribution is 2.40. The number of carbonyl (C=O) groups is 1. The fourth-order valence-electron chi connectivity index (χ4n) is 3.15. The minimum Gasteiger partial charge on any atom is -0.497 e.